The maximum atomic E-state index is 5.83. The van der Waals surface area contributed by atoms with Crippen LogP contribution in [0.5, 0.6) is 11.5 Å². The number of benzene rings is 1. The summed E-state index contributed by atoms with van der Waals surface area (Å²) in [6.45, 7) is 10.6. The molecule has 0 aliphatic carbocycles. The predicted octanol–water partition coefficient (Wildman–Crippen LogP) is 2.73. The highest BCUT2D eigenvalue weighted by Crippen LogP contribution is 2.34. The molecule has 0 unspecified atom stereocenters. The van der Waals surface area contributed by atoms with Crippen LogP contribution in [0.25, 0.3) is 0 Å². The van der Waals surface area contributed by atoms with Gasteiger partial charge in [0.25, 0.3) is 0 Å². The highest BCUT2D eigenvalue weighted by molar-refractivity contribution is 5.79. The summed E-state index contributed by atoms with van der Waals surface area (Å²) >= 11 is 0. The molecule has 0 radical (unpaired) electrons. The van der Waals surface area contributed by atoms with Crippen molar-refractivity contribution in [3.63, 3.8) is 0 Å². The zero-order valence-corrected chi connectivity index (χ0v) is 18.7. The fraction of sp³-hybridized carbons (Fsp3) is 0.696. The molecule has 2 N–H and O–H groups in total. The van der Waals surface area contributed by atoms with E-state index in [2.05, 4.69) is 41.6 Å². The van der Waals surface area contributed by atoms with Gasteiger partial charge in [0.2, 0.25) is 0 Å². The summed E-state index contributed by atoms with van der Waals surface area (Å²) in [7, 11) is 1.80. The lowest BCUT2D eigenvalue weighted by Gasteiger charge is -2.28. The minimum absolute atomic E-state index is 0.0831. The molecule has 2 heterocycles. The van der Waals surface area contributed by atoms with Crippen molar-refractivity contribution in [2.24, 2.45) is 10.9 Å². The Morgan fingerprint density at radius 3 is 2.63 bits per heavy atom. The molecule has 0 saturated carbocycles. The van der Waals surface area contributed by atoms with Gasteiger partial charge in [0, 0.05) is 52.0 Å². The van der Waals surface area contributed by atoms with Gasteiger partial charge in [0.1, 0.15) is 13.2 Å². The third kappa shape index (κ3) is 6.77. The van der Waals surface area contributed by atoms with Crippen LogP contribution in [0.3, 0.4) is 0 Å². The lowest BCUT2D eigenvalue weighted by atomic mass is 9.84. The molecule has 0 aromatic heterocycles. The van der Waals surface area contributed by atoms with E-state index in [1.54, 1.807) is 7.05 Å². The summed E-state index contributed by atoms with van der Waals surface area (Å²) in [4.78, 5) is 4.34. The summed E-state index contributed by atoms with van der Waals surface area (Å²) in [5.74, 6) is 3.12. The molecule has 1 aromatic rings. The smallest absolute Gasteiger partial charge is 0.191 e. The number of nitrogens with one attached hydrogen (secondary N) is 2. The summed E-state index contributed by atoms with van der Waals surface area (Å²) in [6.07, 6.45) is 3.19. The molecule has 0 bridgehead atoms. The zero-order valence-electron chi connectivity index (χ0n) is 18.7. The van der Waals surface area contributed by atoms with Crippen LogP contribution in [0.4, 0.5) is 0 Å². The Hall–Kier alpha value is -1.99. The van der Waals surface area contributed by atoms with Gasteiger partial charge in [-0.05, 0) is 42.9 Å². The Morgan fingerprint density at radius 2 is 1.87 bits per heavy atom. The van der Waals surface area contributed by atoms with Crippen LogP contribution < -0.4 is 20.1 Å². The maximum absolute atomic E-state index is 5.83. The predicted molar refractivity (Wildman–Crippen MR) is 119 cm³/mol. The first-order valence-electron chi connectivity index (χ1n) is 11.1. The van der Waals surface area contributed by atoms with Gasteiger partial charge in [-0.3, -0.25) is 4.99 Å². The molecule has 7 heteroatoms. The second kappa shape index (κ2) is 11.4. The molecule has 7 nitrogen and oxygen atoms in total. The van der Waals surface area contributed by atoms with Crippen molar-refractivity contribution in [1.29, 1.82) is 0 Å². The van der Waals surface area contributed by atoms with Gasteiger partial charge in [0.05, 0.1) is 0 Å². The van der Waals surface area contributed by atoms with E-state index in [4.69, 9.17) is 18.9 Å². The van der Waals surface area contributed by atoms with Crippen molar-refractivity contribution in [3.8, 4) is 11.5 Å². The Labute approximate surface area is 180 Å². The highest BCUT2D eigenvalue weighted by atomic mass is 16.6. The second-order valence-electron chi connectivity index (χ2n) is 8.58. The molecule has 168 valence electrons. The molecule has 0 amide bonds. The van der Waals surface area contributed by atoms with Crippen LogP contribution in [0, 0.1) is 5.92 Å². The summed E-state index contributed by atoms with van der Waals surface area (Å²) in [6, 6.07) is 6.20. The van der Waals surface area contributed by atoms with Gasteiger partial charge in [-0.1, -0.05) is 19.9 Å². The number of fused-ring (bicyclic) bond motifs is 1. The van der Waals surface area contributed by atoms with Crippen molar-refractivity contribution < 1.29 is 18.9 Å². The number of aliphatic imine (C=N–C) groups is 1. The third-order valence-corrected chi connectivity index (χ3v) is 5.70. The first kappa shape index (κ1) is 22.7. The SMILES string of the molecule is CN=C(NCCCOCC1CCOCC1)NCC(C)(C)c1ccc2c(c1)OCCO2. The van der Waals surface area contributed by atoms with Gasteiger partial charge in [-0.25, -0.2) is 0 Å². The van der Waals surface area contributed by atoms with Crippen molar-refractivity contribution in [2.45, 2.75) is 38.5 Å². The van der Waals surface area contributed by atoms with Crippen LogP contribution in [0.15, 0.2) is 23.2 Å². The van der Waals surface area contributed by atoms with E-state index in [1.165, 1.54) is 5.56 Å². The van der Waals surface area contributed by atoms with Crippen LogP contribution in [0.2, 0.25) is 0 Å². The van der Waals surface area contributed by atoms with Crippen LogP contribution in [-0.4, -0.2) is 65.7 Å². The van der Waals surface area contributed by atoms with E-state index in [-0.39, 0.29) is 5.41 Å². The van der Waals surface area contributed by atoms with Crippen LogP contribution in [-0.2, 0) is 14.9 Å². The van der Waals surface area contributed by atoms with Gasteiger partial charge in [-0.15, -0.1) is 0 Å². The lowest BCUT2D eigenvalue weighted by molar-refractivity contribution is 0.0203. The minimum atomic E-state index is -0.0831. The van der Waals surface area contributed by atoms with E-state index in [0.717, 1.165) is 76.2 Å². The standard InChI is InChI=1S/C23H37N3O4/c1-23(2,19-5-6-20-21(15-19)30-14-13-29-20)17-26-22(24-3)25-9-4-10-28-16-18-7-11-27-12-8-18/h5-6,15,18H,4,7-14,16-17H2,1-3H3,(H2,24,25,26). The molecule has 1 fully saturated rings. The number of hydrogen-bond donors (Lipinski definition) is 2. The Bertz CT molecular complexity index is 687. The first-order valence-corrected chi connectivity index (χ1v) is 11.1. The molecular weight excluding hydrogens is 382 g/mol. The molecule has 0 spiro atoms. The number of hydrogen-bond acceptors (Lipinski definition) is 5. The fourth-order valence-electron chi connectivity index (χ4n) is 3.64. The minimum Gasteiger partial charge on any atom is -0.486 e. The molecule has 0 atom stereocenters. The normalized spacial score (nSPS) is 17.6. The largest absolute Gasteiger partial charge is 0.486 e. The van der Waals surface area contributed by atoms with Crippen LogP contribution >= 0.6 is 0 Å². The summed E-state index contributed by atoms with van der Waals surface area (Å²) < 4.78 is 22.6. The van der Waals surface area contributed by atoms with Crippen molar-refractivity contribution in [2.75, 3.05) is 59.8 Å². The molecular formula is C23H37N3O4. The summed E-state index contributed by atoms with van der Waals surface area (Å²) in [5, 5.41) is 6.82. The molecule has 30 heavy (non-hydrogen) atoms. The van der Waals surface area contributed by atoms with E-state index < -0.39 is 0 Å². The Morgan fingerprint density at radius 1 is 1.10 bits per heavy atom. The zero-order chi connectivity index (χ0) is 21.2. The van der Waals surface area contributed by atoms with E-state index in [0.29, 0.717) is 19.1 Å². The molecule has 2 aliphatic rings. The number of rotatable bonds is 9. The van der Waals surface area contributed by atoms with Crippen molar-refractivity contribution in [3.05, 3.63) is 23.8 Å². The van der Waals surface area contributed by atoms with Gasteiger partial charge in [0.15, 0.2) is 17.5 Å². The number of ether oxygens (including phenoxy) is 4. The molecule has 2 aliphatic heterocycles. The second-order valence-corrected chi connectivity index (χ2v) is 8.58. The fourth-order valence-corrected chi connectivity index (χ4v) is 3.64. The molecule has 3 rings (SSSR count). The quantitative estimate of drug-likeness (QED) is 0.364. The van der Waals surface area contributed by atoms with E-state index in [1.807, 2.05) is 6.07 Å². The third-order valence-electron chi connectivity index (χ3n) is 5.70. The average molecular weight is 420 g/mol. The van der Waals surface area contributed by atoms with Crippen LogP contribution in [0.1, 0.15) is 38.7 Å². The van der Waals surface area contributed by atoms with Crippen molar-refractivity contribution in [1.82, 2.24) is 10.6 Å². The van der Waals surface area contributed by atoms with Gasteiger partial charge < -0.3 is 29.6 Å². The highest BCUT2D eigenvalue weighted by Gasteiger charge is 2.24. The topological polar surface area (TPSA) is 73.3 Å². The Balaban J connectivity index is 1.35. The molecule has 1 saturated heterocycles. The molecule has 1 aromatic carbocycles. The van der Waals surface area contributed by atoms with E-state index >= 15 is 0 Å². The lowest BCUT2D eigenvalue weighted by Crippen LogP contribution is -2.43. The van der Waals surface area contributed by atoms with E-state index in [9.17, 15) is 0 Å². The number of nitrogens with zero attached hydrogens (tertiary/aromatic N) is 1. The van der Waals surface area contributed by atoms with Gasteiger partial charge >= 0.3 is 0 Å². The Kier molecular flexibility index (Phi) is 8.63. The summed E-state index contributed by atoms with van der Waals surface area (Å²) in [5.41, 5.74) is 1.12. The number of guanidine groups is 1. The monoisotopic (exact) mass is 419 g/mol. The van der Waals surface area contributed by atoms with Crippen molar-refractivity contribution >= 4 is 5.96 Å². The average Bonchev–Trinajstić information content (AvgIpc) is 2.78. The van der Waals surface area contributed by atoms with Gasteiger partial charge in [-0.2, -0.15) is 0 Å². The first-order chi connectivity index (χ1) is 14.6. The maximum Gasteiger partial charge on any atom is 0.191 e.